The summed E-state index contributed by atoms with van der Waals surface area (Å²) in [7, 11) is 0. The van der Waals surface area contributed by atoms with Gasteiger partial charge >= 0.3 is 0 Å². The Morgan fingerprint density at radius 3 is 2.88 bits per heavy atom. The zero-order valence-electron chi connectivity index (χ0n) is 10.3. The van der Waals surface area contributed by atoms with E-state index in [0.717, 1.165) is 11.0 Å². The smallest absolute Gasteiger partial charge is 0.0380 e. The summed E-state index contributed by atoms with van der Waals surface area (Å²) in [5, 5.41) is 0. The zero-order valence-corrected chi connectivity index (χ0v) is 12.7. The largest absolute Gasteiger partial charge is 0.367 e. The van der Waals surface area contributed by atoms with Crippen LogP contribution in [-0.2, 0) is 0 Å². The van der Waals surface area contributed by atoms with E-state index in [0.29, 0.717) is 6.04 Å². The highest BCUT2D eigenvalue weighted by Crippen LogP contribution is 2.30. The predicted octanol–water partition coefficient (Wildman–Crippen LogP) is 3.41. The van der Waals surface area contributed by atoms with Gasteiger partial charge in [0.2, 0.25) is 0 Å². The van der Waals surface area contributed by atoms with Gasteiger partial charge in [0.05, 0.1) is 0 Å². The van der Waals surface area contributed by atoms with Gasteiger partial charge in [0, 0.05) is 40.3 Å². The van der Waals surface area contributed by atoms with Gasteiger partial charge in [0.25, 0.3) is 0 Å². The van der Waals surface area contributed by atoms with Crippen molar-refractivity contribution >= 4 is 33.4 Å². The molecule has 0 aromatic heterocycles. The molecule has 2 atom stereocenters. The van der Waals surface area contributed by atoms with Gasteiger partial charge in [0.1, 0.15) is 0 Å². The van der Waals surface area contributed by atoms with Crippen molar-refractivity contribution < 1.29 is 0 Å². The average molecular weight is 315 g/mol. The van der Waals surface area contributed by atoms with E-state index in [4.69, 9.17) is 5.73 Å². The molecule has 0 amide bonds. The van der Waals surface area contributed by atoms with E-state index in [1.807, 2.05) is 18.7 Å². The van der Waals surface area contributed by atoms with Gasteiger partial charge in [-0.05, 0) is 31.5 Å². The quantitative estimate of drug-likeness (QED) is 0.907. The van der Waals surface area contributed by atoms with Crippen molar-refractivity contribution in [3.05, 3.63) is 28.2 Å². The van der Waals surface area contributed by atoms with E-state index in [1.165, 1.54) is 22.8 Å². The molecule has 0 bridgehead atoms. The molecule has 1 aromatic rings. The van der Waals surface area contributed by atoms with Crippen molar-refractivity contribution in [3.63, 3.8) is 0 Å². The summed E-state index contributed by atoms with van der Waals surface area (Å²) >= 11 is 5.66. The van der Waals surface area contributed by atoms with Crippen molar-refractivity contribution in [3.8, 4) is 0 Å². The van der Waals surface area contributed by atoms with Crippen LogP contribution in [-0.4, -0.2) is 24.1 Å². The maximum absolute atomic E-state index is 5.92. The second-order valence-corrected chi connectivity index (χ2v) is 6.62. The van der Waals surface area contributed by atoms with Crippen molar-refractivity contribution in [1.29, 1.82) is 0 Å². The van der Waals surface area contributed by atoms with Crippen molar-refractivity contribution in [2.24, 2.45) is 5.73 Å². The molecule has 1 aromatic carbocycles. The summed E-state index contributed by atoms with van der Waals surface area (Å²) in [6, 6.07) is 7.22. The Bertz CT molecular complexity index is 395. The standard InChI is InChI=1S/C13H19BrN2S/c1-9-8-17-6-5-16(9)11-3-4-12(10(2)15)13(14)7-11/h3-4,7,9-10H,5-6,8,15H2,1-2H3/t9?,10-/m0/s1. The summed E-state index contributed by atoms with van der Waals surface area (Å²) in [4.78, 5) is 2.48. The van der Waals surface area contributed by atoms with E-state index in [1.54, 1.807) is 0 Å². The highest BCUT2D eigenvalue weighted by atomic mass is 79.9. The van der Waals surface area contributed by atoms with Gasteiger partial charge in [-0.25, -0.2) is 0 Å². The molecule has 94 valence electrons. The predicted molar refractivity (Wildman–Crippen MR) is 80.9 cm³/mol. The lowest BCUT2D eigenvalue weighted by atomic mass is 10.1. The van der Waals surface area contributed by atoms with Crippen LogP contribution in [0.25, 0.3) is 0 Å². The second-order valence-electron chi connectivity index (χ2n) is 4.61. The van der Waals surface area contributed by atoms with Crippen molar-refractivity contribution in [2.75, 3.05) is 23.0 Å². The van der Waals surface area contributed by atoms with Crippen LogP contribution in [0, 0.1) is 0 Å². The minimum atomic E-state index is 0.0766. The maximum atomic E-state index is 5.92. The summed E-state index contributed by atoms with van der Waals surface area (Å²) in [6.07, 6.45) is 0. The molecule has 1 fully saturated rings. The first-order valence-electron chi connectivity index (χ1n) is 5.99. The SMILES string of the molecule is CC1CSCCN1c1ccc([C@H](C)N)c(Br)c1. The van der Waals surface area contributed by atoms with E-state index in [2.05, 4.69) is 46.0 Å². The van der Waals surface area contributed by atoms with Crippen LogP contribution >= 0.6 is 27.7 Å². The molecule has 1 unspecified atom stereocenters. The Kier molecular flexibility index (Phi) is 4.39. The molecule has 2 N–H and O–H groups in total. The molecule has 0 aliphatic carbocycles. The van der Waals surface area contributed by atoms with Crippen LogP contribution in [0.1, 0.15) is 25.5 Å². The Morgan fingerprint density at radius 2 is 2.29 bits per heavy atom. The molecule has 1 aliphatic rings. The van der Waals surface area contributed by atoms with Crippen LogP contribution < -0.4 is 10.6 Å². The fourth-order valence-electron chi connectivity index (χ4n) is 2.17. The molecular formula is C13H19BrN2S. The molecule has 0 radical (unpaired) electrons. The average Bonchev–Trinajstić information content (AvgIpc) is 2.29. The highest BCUT2D eigenvalue weighted by Gasteiger charge is 2.19. The molecule has 17 heavy (non-hydrogen) atoms. The fraction of sp³-hybridized carbons (Fsp3) is 0.538. The van der Waals surface area contributed by atoms with Crippen LogP contribution in [0.2, 0.25) is 0 Å². The third-order valence-corrected chi connectivity index (χ3v) is 5.05. The van der Waals surface area contributed by atoms with Gasteiger partial charge in [-0.1, -0.05) is 22.0 Å². The van der Waals surface area contributed by atoms with Crippen LogP contribution in [0.4, 0.5) is 5.69 Å². The normalized spacial score (nSPS) is 22.6. The summed E-state index contributed by atoms with van der Waals surface area (Å²) < 4.78 is 1.12. The Balaban J connectivity index is 2.24. The van der Waals surface area contributed by atoms with Crippen molar-refractivity contribution in [1.82, 2.24) is 0 Å². The third-order valence-electron chi connectivity index (χ3n) is 3.17. The molecule has 0 spiro atoms. The van der Waals surface area contributed by atoms with Gasteiger partial charge in [-0.15, -0.1) is 0 Å². The van der Waals surface area contributed by atoms with Crippen LogP contribution in [0.3, 0.4) is 0 Å². The van der Waals surface area contributed by atoms with E-state index < -0.39 is 0 Å². The fourth-order valence-corrected chi connectivity index (χ4v) is 3.92. The zero-order chi connectivity index (χ0) is 12.4. The number of hydrogen-bond donors (Lipinski definition) is 1. The van der Waals surface area contributed by atoms with Gasteiger partial charge in [-0.2, -0.15) is 11.8 Å². The molecule has 2 rings (SSSR count). The minimum absolute atomic E-state index is 0.0766. The molecule has 1 saturated heterocycles. The molecule has 2 nitrogen and oxygen atoms in total. The molecule has 0 saturated carbocycles. The summed E-state index contributed by atoms with van der Waals surface area (Å²) in [5.41, 5.74) is 8.40. The minimum Gasteiger partial charge on any atom is -0.367 e. The van der Waals surface area contributed by atoms with Gasteiger partial charge in [-0.3, -0.25) is 0 Å². The monoisotopic (exact) mass is 314 g/mol. The number of halogens is 1. The molecule has 1 heterocycles. The maximum Gasteiger partial charge on any atom is 0.0380 e. The number of anilines is 1. The number of thioether (sulfide) groups is 1. The molecule has 4 heteroatoms. The van der Waals surface area contributed by atoms with E-state index in [9.17, 15) is 0 Å². The summed E-state index contributed by atoms with van der Waals surface area (Å²) in [5.74, 6) is 2.43. The lowest BCUT2D eigenvalue weighted by Crippen LogP contribution is -2.40. The summed E-state index contributed by atoms with van der Waals surface area (Å²) in [6.45, 7) is 5.44. The first-order chi connectivity index (χ1) is 8.09. The van der Waals surface area contributed by atoms with Gasteiger partial charge < -0.3 is 10.6 Å². The molecular weight excluding hydrogens is 296 g/mol. The number of nitrogens with zero attached hydrogens (tertiary/aromatic N) is 1. The third kappa shape index (κ3) is 2.98. The first-order valence-corrected chi connectivity index (χ1v) is 7.94. The van der Waals surface area contributed by atoms with Crippen LogP contribution in [0.5, 0.6) is 0 Å². The van der Waals surface area contributed by atoms with Crippen LogP contribution in [0.15, 0.2) is 22.7 Å². The number of benzene rings is 1. The van der Waals surface area contributed by atoms with Gasteiger partial charge in [0.15, 0.2) is 0 Å². The Labute approximate surface area is 116 Å². The number of rotatable bonds is 2. The van der Waals surface area contributed by atoms with Crippen molar-refractivity contribution in [2.45, 2.75) is 25.9 Å². The lowest BCUT2D eigenvalue weighted by molar-refractivity contribution is 0.699. The lowest BCUT2D eigenvalue weighted by Gasteiger charge is -2.35. The number of nitrogens with two attached hydrogens (primary N) is 1. The molecule has 1 aliphatic heterocycles. The Morgan fingerprint density at radius 1 is 1.53 bits per heavy atom. The highest BCUT2D eigenvalue weighted by molar-refractivity contribution is 9.10. The van der Waals surface area contributed by atoms with E-state index in [-0.39, 0.29) is 6.04 Å². The van der Waals surface area contributed by atoms with E-state index >= 15 is 0 Å². The first kappa shape index (κ1) is 13.2. The number of hydrogen-bond acceptors (Lipinski definition) is 3. The second kappa shape index (κ2) is 5.63. The Hall–Kier alpha value is -0.190. The topological polar surface area (TPSA) is 29.3 Å².